The van der Waals surface area contributed by atoms with Crippen LogP contribution >= 0.6 is 0 Å². The van der Waals surface area contributed by atoms with Crippen LogP contribution in [-0.4, -0.2) is 25.5 Å². The van der Waals surface area contributed by atoms with Gasteiger partial charge in [-0.05, 0) is 53.6 Å². The van der Waals surface area contributed by atoms with Gasteiger partial charge in [0.25, 0.3) is 0 Å². The summed E-state index contributed by atoms with van der Waals surface area (Å²) in [6.07, 6.45) is 5.58. The number of hydrogen-bond acceptors (Lipinski definition) is 6. The van der Waals surface area contributed by atoms with E-state index in [0.29, 0.717) is 11.6 Å². The summed E-state index contributed by atoms with van der Waals surface area (Å²) in [5.74, 6) is 0.385. The highest BCUT2D eigenvalue weighted by Gasteiger charge is 2.08. The number of amides is 1. The molecule has 5 rings (SSSR count). The van der Waals surface area contributed by atoms with E-state index in [2.05, 4.69) is 25.7 Å². The van der Waals surface area contributed by atoms with Gasteiger partial charge >= 0.3 is 0 Å². The lowest BCUT2D eigenvalue weighted by Gasteiger charge is -2.07. The zero-order valence-corrected chi connectivity index (χ0v) is 17.6. The molecule has 1 amide bonds. The highest BCUT2D eigenvalue weighted by atomic mass is 16.1. The second kappa shape index (κ2) is 8.80. The smallest absolute Gasteiger partial charge is 0.247 e. The third-order valence-corrected chi connectivity index (χ3v) is 5.13. The topological polar surface area (TPSA) is 110 Å². The predicted octanol–water partition coefficient (Wildman–Crippen LogP) is 4.30. The Morgan fingerprint density at radius 2 is 1.76 bits per heavy atom. The zero-order chi connectivity index (χ0) is 22.6. The van der Waals surface area contributed by atoms with Gasteiger partial charge < -0.3 is 16.4 Å². The van der Waals surface area contributed by atoms with Crippen LogP contribution in [0.25, 0.3) is 16.8 Å². The molecule has 162 valence electrons. The number of aromatic nitrogens is 4. The molecule has 0 unspecified atom stereocenters. The molecule has 3 aromatic heterocycles. The summed E-state index contributed by atoms with van der Waals surface area (Å²) in [6.45, 7) is 0. The first-order chi connectivity index (χ1) is 16.1. The molecule has 0 bridgehead atoms. The lowest BCUT2D eigenvalue weighted by Crippen LogP contribution is -2.14. The van der Waals surface area contributed by atoms with Gasteiger partial charge in [-0.15, -0.1) is 5.10 Å². The fraction of sp³-hybridized carbons (Fsp3) is 0.0400. The van der Waals surface area contributed by atoms with Crippen LogP contribution in [0.2, 0.25) is 0 Å². The molecule has 0 saturated heterocycles. The average Bonchev–Trinajstić information content (AvgIpc) is 3.23. The molecule has 3 heterocycles. The molecule has 5 aromatic rings. The van der Waals surface area contributed by atoms with E-state index in [1.807, 2.05) is 79.0 Å². The number of nitrogen functional groups attached to an aromatic ring is 1. The molecule has 33 heavy (non-hydrogen) atoms. The van der Waals surface area contributed by atoms with Crippen LogP contribution in [0, 0.1) is 0 Å². The maximum absolute atomic E-state index is 12.3. The van der Waals surface area contributed by atoms with E-state index in [4.69, 9.17) is 5.73 Å². The van der Waals surface area contributed by atoms with Crippen molar-refractivity contribution in [2.24, 2.45) is 0 Å². The molecule has 0 aliphatic carbocycles. The lowest BCUT2D eigenvalue weighted by atomic mass is 10.1. The number of carbonyl (C=O) groups excluding carboxylic acids is 1. The number of nitrogens with one attached hydrogen (secondary N) is 2. The van der Waals surface area contributed by atoms with E-state index in [1.165, 1.54) is 0 Å². The predicted molar refractivity (Wildman–Crippen MR) is 129 cm³/mol. The Morgan fingerprint density at radius 1 is 0.939 bits per heavy atom. The van der Waals surface area contributed by atoms with E-state index in [0.717, 1.165) is 33.7 Å². The van der Waals surface area contributed by atoms with E-state index in [9.17, 15) is 4.79 Å². The molecule has 0 fully saturated rings. The van der Waals surface area contributed by atoms with Crippen LogP contribution < -0.4 is 16.4 Å². The maximum atomic E-state index is 12.3. The molecule has 0 radical (unpaired) electrons. The number of nitrogens with zero attached hydrogens (tertiary/aromatic N) is 4. The largest absolute Gasteiger partial charge is 0.397 e. The molecule has 2 aromatic carbocycles. The summed E-state index contributed by atoms with van der Waals surface area (Å²) < 4.78 is 1.72. The van der Waals surface area contributed by atoms with Crippen molar-refractivity contribution < 1.29 is 4.79 Å². The fourth-order valence-electron chi connectivity index (χ4n) is 3.48. The number of anilines is 4. The van der Waals surface area contributed by atoms with Crippen LogP contribution in [0.5, 0.6) is 0 Å². The van der Waals surface area contributed by atoms with Crippen molar-refractivity contribution >= 4 is 34.6 Å². The van der Waals surface area contributed by atoms with Crippen molar-refractivity contribution in [3.63, 3.8) is 0 Å². The number of para-hydroxylation sites is 2. The third-order valence-electron chi connectivity index (χ3n) is 5.13. The monoisotopic (exact) mass is 435 g/mol. The number of fused-ring (bicyclic) bond motifs is 1. The van der Waals surface area contributed by atoms with Crippen LogP contribution in [-0.2, 0) is 11.2 Å². The second-order valence-electron chi connectivity index (χ2n) is 7.53. The van der Waals surface area contributed by atoms with Gasteiger partial charge in [0.15, 0.2) is 5.65 Å². The number of rotatable bonds is 6. The number of nitrogens with two attached hydrogens (primary N) is 1. The zero-order valence-electron chi connectivity index (χ0n) is 17.6. The first kappa shape index (κ1) is 20.2. The minimum Gasteiger partial charge on any atom is -0.397 e. The highest BCUT2D eigenvalue weighted by Crippen LogP contribution is 2.24. The summed E-state index contributed by atoms with van der Waals surface area (Å²) in [5.41, 5.74) is 11.7. The van der Waals surface area contributed by atoms with Crippen molar-refractivity contribution in [3.8, 4) is 11.1 Å². The van der Waals surface area contributed by atoms with E-state index in [-0.39, 0.29) is 12.3 Å². The van der Waals surface area contributed by atoms with E-state index >= 15 is 0 Å². The Morgan fingerprint density at radius 3 is 2.55 bits per heavy atom. The molecular formula is C25H21N7O. The minimum absolute atomic E-state index is 0.0844. The van der Waals surface area contributed by atoms with Gasteiger partial charge in [-0.3, -0.25) is 9.78 Å². The van der Waals surface area contributed by atoms with Crippen molar-refractivity contribution in [2.45, 2.75) is 6.42 Å². The third kappa shape index (κ3) is 4.64. The molecular weight excluding hydrogens is 414 g/mol. The van der Waals surface area contributed by atoms with Gasteiger partial charge in [-0.2, -0.15) is 4.98 Å². The minimum atomic E-state index is -0.0844. The molecule has 8 nitrogen and oxygen atoms in total. The summed E-state index contributed by atoms with van der Waals surface area (Å²) in [7, 11) is 0. The molecule has 0 aliphatic heterocycles. The molecule has 8 heteroatoms. The highest BCUT2D eigenvalue weighted by molar-refractivity contribution is 5.92. The van der Waals surface area contributed by atoms with Gasteiger partial charge in [0.1, 0.15) is 0 Å². The van der Waals surface area contributed by atoms with Crippen LogP contribution in [0.3, 0.4) is 0 Å². The van der Waals surface area contributed by atoms with Crippen molar-refractivity contribution in [2.75, 3.05) is 16.4 Å². The summed E-state index contributed by atoms with van der Waals surface area (Å²) >= 11 is 0. The Hall–Kier alpha value is -4.72. The van der Waals surface area contributed by atoms with Crippen molar-refractivity contribution in [1.82, 2.24) is 19.6 Å². The molecule has 0 aliphatic rings. The van der Waals surface area contributed by atoms with Crippen LogP contribution in [0.15, 0.2) is 91.4 Å². The van der Waals surface area contributed by atoms with Crippen molar-refractivity contribution in [1.29, 1.82) is 0 Å². The van der Waals surface area contributed by atoms with Crippen LogP contribution in [0.1, 0.15) is 5.56 Å². The number of pyridine rings is 2. The fourth-order valence-corrected chi connectivity index (χ4v) is 3.48. The first-order valence-corrected chi connectivity index (χ1v) is 10.4. The quantitative estimate of drug-likeness (QED) is 0.343. The number of carbonyl (C=O) groups is 1. The molecule has 0 atom stereocenters. The van der Waals surface area contributed by atoms with Gasteiger partial charge in [-0.25, -0.2) is 4.52 Å². The van der Waals surface area contributed by atoms with E-state index < -0.39 is 0 Å². The molecule has 0 saturated carbocycles. The number of benzene rings is 2. The average molecular weight is 435 g/mol. The van der Waals surface area contributed by atoms with Gasteiger partial charge in [-0.1, -0.05) is 30.3 Å². The Labute approximate surface area is 190 Å². The maximum Gasteiger partial charge on any atom is 0.247 e. The van der Waals surface area contributed by atoms with Crippen molar-refractivity contribution in [3.05, 3.63) is 97.0 Å². The van der Waals surface area contributed by atoms with Crippen LogP contribution in [0.4, 0.5) is 23.0 Å². The Kier molecular flexibility index (Phi) is 5.38. The second-order valence-corrected chi connectivity index (χ2v) is 7.53. The van der Waals surface area contributed by atoms with E-state index in [1.54, 1.807) is 16.9 Å². The summed E-state index contributed by atoms with van der Waals surface area (Å²) in [4.78, 5) is 20.8. The molecule has 0 spiro atoms. The Bertz CT molecular complexity index is 1410. The number of hydrogen-bond donors (Lipinski definition) is 3. The van der Waals surface area contributed by atoms with Gasteiger partial charge in [0.2, 0.25) is 11.9 Å². The first-order valence-electron chi connectivity index (χ1n) is 10.4. The van der Waals surface area contributed by atoms with Gasteiger partial charge in [0, 0.05) is 29.8 Å². The Balaban J connectivity index is 1.29. The summed E-state index contributed by atoms with van der Waals surface area (Å²) in [5, 5.41) is 10.6. The van der Waals surface area contributed by atoms with Gasteiger partial charge in [0.05, 0.1) is 17.8 Å². The molecule has 4 N–H and O–H groups in total. The standard InChI is InChI=1S/C25H21N7O/c26-21-5-1-2-6-22(21)29-25-30-23-12-9-19(16-32(23)31-25)18-7-10-20(11-8-18)28-24(33)14-17-4-3-13-27-15-17/h1-13,15-16H,14,26H2,(H,28,33)(H,29,31). The normalized spacial score (nSPS) is 10.8. The summed E-state index contributed by atoms with van der Waals surface area (Å²) in [6, 6.07) is 22.8. The lowest BCUT2D eigenvalue weighted by molar-refractivity contribution is -0.115. The SMILES string of the molecule is Nc1ccccc1Nc1nc2ccc(-c3ccc(NC(=O)Cc4cccnc4)cc3)cn2n1.